The first-order valence-electron chi connectivity index (χ1n) is 5.48. The van der Waals surface area contributed by atoms with Crippen molar-refractivity contribution in [3.63, 3.8) is 0 Å². The van der Waals surface area contributed by atoms with Gasteiger partial charge in [0, 0.05) is 6.04 Å². The average molecular weight is 203 g/mol. The summed E-state index contributed by atoms with van der Waals surface area (Å²) in [6, 6.07) is 7.75. The Hall–Kier alpha value is -1.28. The smallest absolute Gasteiger partial charge is 0.116 e. The van der Waals surface area contributed by atoms with Gasteiger partial charge in [-0.25, -0.2) is 0 Å². The van der Waals surface area contributed by atoms with Crippen LogP contribution < -0.4 is 5.73 Å². The number of phenols is 1. The van der Waals surface area contributed by atoms with Crippen molar-refractivity contribution in [2.24, 2.45) is 5.73 Å². The van der Waals surface area contributed by atoms with Crippen LogP contribution >= 0.6 is 0 Å². The maximum absolute atomic E-state index is 9.34. The van der Waals surface area contributed by atoms with E-state index >= 15 is 0 Å². The number of hydrogen-bond acceptors (Lipinski definition) is 2. The molecule has 0 spiro atoms. The van der Waals surface area contributed by atoms with E-state index in [9.17, 15) is 5.11 Å². The van der Waals surface area contributed by atoms with E-state index in [1.807, 2.05) is 12.1 Å². The third-order valence-electron chi connectivity index (χ3n) is 2.91. The first-order chi connectivity index (χ1) is 7.24. The van der Waals surface area contributed by atoms with E-state index in [1.165, 1.54) is 5.57 Å². The molecule has 1 aromatic carbocycles. The number of benzene rings is 1. The molecule has 0 amide bonds. The van der Waals surface area contributed by atoms with Gasteiger partial charge >= 0.3 is 0 Å². The highest BCUT2D eigenvalue weighted by atomic mass is 16.3. The predicted octanol–water partition coefficient (Wildman–Crippen LogP) is 2.68. The molecule has 0 atom stereocenters. The van der Waals surface area contributed by atoms with Gasteiger partial charge in [0.1, 0.15) is 5.75 Å². The fraction of sp³-hybridized carbons (Fsp3) is 0.385. The summed E-state index contributed by atoms with van der Waals surface area (Å²) in [6.45, 7) is 0. The van der Waals surface area contributed by atoms with Gasteiger partial charge < -0.3 is 10.8 Å². The lowest BCUT2D eigenvalue weighted by Crippen LogP contribution is -2.23. The van der Waals surface area contributed by atoms with E-state index in [0.717, 1.165) is 31.2 Å². The van der Waals surface area contributed by atoms with Crippen molar-refractivity contribution >= 4 is 6.08 Å². The van der Waals surface area contributed by atoms with Gasteiger partial charge in [0.05, 0.1) is 0 Å². The Bertz CT molecular complexity index is 361. The summed E-state index contributed by atoms with van der Waals surface area (Å²) in [6.07, 6.45) is 6.54. The molecule has 0 aromatic heterocycles. The van der Waals surface area contributed by atoms with Crippen LogP contribution in [0.5, 0.6) is 5.75 Å². The standard InChI is InChI=1S/C13H17NO/c14-12-6-4-10(5-7-12)8-11-2-1-3-13(15)9-11/h1-3,8-9,12,15H,4-7,14H2. The Morgan fingerprint density at radius 2 is 2.00 bits per heavy atom. The van der Waals surface area contributed by atoms with Gasteiger partial charge in [-0.05, 0) is 43.4 Å². The molecule has 1 fully saturated rings. The number of nitrogens with two attached hydrogens (primary N) is 1. The molecule has 80 valence electrons. The number of allylic oxidation sites excluding steroid dienone is 1. The lowest BCUT2D eigenvalue weighted by Gasteiger charge is -2.20. The molecule has 0 saturated heterocycles. The molecule has 0 radical (unpaired) electrons. The van der Waals surface area contributed by atoms with Crippen LogP contribution in [0.15, 0.2) is 29.8 Å². The summed E-state index contributed by atoms with van der Waals surface area (Å²) in [5, 5.41) is 9.34. The van der Waals surface area contributed by atoms with Crippen LogP contribution in [0.1, 0.15) is 31.2 Å². The second kappa shape index (κ2) is 4.49. The van der Waals surface area contributed by atoms with E-state index in [1.54, 1.807) is 12.1 Å². The molecule has 1 aliphatic rings. The lowest BCUT2D eigenvalue weighted by atomic mass is 9.90. The largest absolute Gasteiger partial charge is 0.508 e. The second-order valence-electron chi connectivity index (χ2n) is 4.24. The minimum Gasteiger partial charge on any atom is -0.508 e. The fourth-order valence-corrected chi connectivity index (χ4v) is 2.01. The highest BCUT2D eigenvalue weighted by Crippen LogP contribution is 2.25. The van der Waals surface area contributed by atoms with Crippen LogP contribution in [0.2, 0.25) is 0 Å². The molecule has 1 aromatic rings. The van der Waals surface area contributed by atoms with E-state index in [-0.39, 0.29) is 0 Å². The molecule has 0 heterocycles. The highest BCUT2D eigenvalue weighted by molar-refractivity contribution is 5.54. The Kier molecular flexibility index (Phi) is 3.07. The molecule has 1 aliphatic carbocycles. The average Bonchev–Trinajstić information content (AvgIpc) is 2.22. The van der Waals surface area contributed by atoms with Crippen molar-refractivity contribution in [2.45, 2.75) is 31.7 Å². The fourth-order valence-electron chi connectivity index (χ4n) is 2.01. The van der Waals surface area contributed by atoms with E-state index in [4.69, 9.17) is 5.73 Å². The van der Waals surface area contributed by atoms with Gasteiger partial charge in [-0.15, -0.1) is 0 Å². The normalized spacial score (nSPS) is 21.4. The SMILES string of the molecule is NC1CCC(=Cc2cccc(O)c2)CC1. The van der Waals surface area contributed by atoms with E-state index < -0.39 is 0 Å². The maximum atomic E-state index is 9.34. The quantitative estimate of drug-likeness (QED) is 0.737. The topological polar surface area (TPSA) is 46.2 Å². The lowest BCUT2D eigenvalue weighted by molar-refractivity contribution is 0.475. The number of hydrogen-bond donors (Lipinski definition) is 2. The zero-order valence-corrected chi connectivity index (χ0v) is 8.82. The Balaban J connectivity index is 2.10. The summed E-state index contributed by atoms with van der Waals surface area (Å²) in [4.78, 5) is 0. The van der Waals surface area contributed by atoms with Crippen LogP contribution in [-0.4, -0.2) is 11.1 Å². The zero-order chi connectivity index (χ0) is 10.7. The third-order valence-corrected chi connectivity index (χ3v) is 2.91. The van der Waals surface area contributed by atoms with Gasteiger partial charge in [-0.2, -0.15) is 0 Å². The molecule has 0 unspecified atom stereocenters. The zero-order valence-electron chi connectivity index (χ0n) is 8.82. The summed E-state index contributed by atoms with van der Waals surface area (Å²) in [5.41, 5.74) is 8.38. The van der Waals surface area contributed by atoms with E-state index in [0.29, 0.717) is 11.8 Å². The Morgan fingerprint density at radius 3 is 2.67 bits per heavy atom. The van der Waals surface area contributed by atoms with Gasteiger partial charge in [0.15, 0.2) is 0 Å². The summed E-state index contributed by atoms with van der Waals surface area (Å²) >= 11 is 0. The number of phenolic OH excluding ortho intramolecular Hbond substituents is 1. The van der Waals surface area contributed by atoms with Crippen LogP contribution in [-0.2, 0) is 0 Å². The highest BCUT2D eigenvalue weighted by Gasteiger charge is 2.12. The Labute approximate surface area is 90.4 Å². The van der Waals surface area contributed by atoms with Crippen molar-refractivity contribution in [3.8, 4) is 5.75 Å². The molecule has 0 aliphatic heterocycles. The molecule has 2 heteroatoms. The van der Waals surface area contributed by atoms with E-state index in [2.05, 4.69) is 6.08 Å². The monoisotopic (exact) mass is 203 g/mol. The molecule has 2 nitrogen and oxygen atoms in total. The van der Waals surface area contributed by atoms with Crippen molar-refractivity contribution in [3.05, 3.63) is 35.4 Å². The van der Waals surface area contributed by atoms with Gasteiger partial charge in [-0.3, -0.25) is 0 Å². The summed E-state index contributed by atoms with van der Waals surface area (Å²) in [7, 11) is 0. The molecule has 3 N–H and O–H groups in total. The van der Waals surface area contributed by atoms with Crippen LogP contribution in [0.3, 0.4) is 0 Å². The molecular weight excluding hydrogens is 186 g/mol. The molecule has 1 saturated carbocycles. The first kappa shape index (κ1) is 10.2. The predicted molar refractivity (Wildman–Crippen MR) is 62.5 cm³/mol. The second-order valence-corrected chi connectivity index (χ2v) is 4.24. The van der Waals surface area contributed by atoms with Crippen molar-refractivity contribution < 1.29 is 5.11 Å². The number of aromatic hydroxyl groups is 1. The van der Waals surface area contributed by atoms with Crippen molar-refractivity contribution in [2.75, 3.05) is 0 Å². The summed E-state index contributed by atoms with van der Waals surface area (Å²) < 4.78 is 0. The maximum Gasteiger partial charge on any atom is 0.116 e. The Morgan fingerprint density at radius 1 is 1.27 bits per heavy atom. The minimum absolute atomic E-state index is 0.330. The van der Waals surface area contributed by atoms with Crippen LogP contribution in [0.25, 0.3) is 6.08 Å². The molecule has 0 bridgehead atoms. The molecule has 15 heavy (non-hydrogen) atoms. The van der Waals surface area contributed by atoms with Crippen LogP contribution in [0.4, 0.5) is 0 Å². The number of rotatable bonds is 1. The minimum atomic E-state index is 0.330. The van der Waals surface area contributed by atoms with Crippen LogP contribution in [0, 0.1) is 0 Å². The van der Waals surface area contributed by atoms with Crippen molar-refractivity contribution in [1.82, 2.24) is 0 Å². The van der Waals surface area contributed by atoms with Gasteiger partial charge in [-0.1, -0.05) is 23.8 Å². The third kappa shape index (κ3) is 2.83. The van der Waals surface area contributed by atoms with Gasteiger partial charge in [0.2, 0.25) is 0 Å². The van der Waals surface area contributed by atoms with Gasteiger partial charge in [0.25, 0.3) is 0 Å². The van der Waals surface area contributed by atoms with Crippen molar-refractivity contribution in [1.29, 1.82) is 0 Å². The summed E-state index contributed by atoms with van der Waals surface area (Å²) in [5.74, 6) is 0.330. The molecular formula is C13H17NO. The molecule has 2 rings (SSSR count). The first-order valence-corrected chi connectivity index (χ1v) is 5.48.